The molecule has 0 radical (unpaired) electrons. The van der Waals surface area contributed by atoms with Crippen molar-refractivity contribution in [1.82, 2.24) is 9.97 Å². The first-order chi connectivity index (χ1) is 7.51. The predicted molar refractivity (Wildman–Crippen MR) is 76.8 cm³/mol. The Balaban J connectivity index is 3.23. The fourth-order valence-corrected chi connectivity index (χ4v) is 2.36. The van der Waals surface area contributed by atoms with Crippen molar-refractivity contribution in [2.75, 3.05) is 23.7 Å². The monoisotopic (exact) mass is 334 g/mol. The SMILES string of the molecule is CCN(CC)c1nc(N)c(I)c(C(C)C)n1. The number of nitrogens with zero attached hydrogens (tertiary/aromatic N) is 3. The van der Waals surface area contributed by atoms with Crippen molar-refractivity contribution in [2.24, 2.45) is 0 Å². The number of aromatic nitrogens is 2. The van der Waals surface area contributed by atoms with Gasteiger partial charge in [-0.15, -0.1) is 0 Å². The molecule has 0 saturated carbocycles. The Morgan fingerprint density at radius 1 is 1.25 bits per heavy atom. The average molecular weight is 334 g/mol. The van der Waals surface area contributed by atoms with Crippen LogP contribution in [0.1, 0.15) is 39.3 Å². The van der Waals surface area contributed by atoms with E-state index in [4.69, 9.17) is 5.73 Å². The largest absolute Gasteiger partial charge is 0.383 e. The first-order valence-corrected chi connectivity index (χ1v) is 6.66. The Hall–Kier alpha value is -0.590. The topological polar surface area (TPSA) is 55.0 Å². The molecule has 16 heavy (non-hydrogen) atoms. The maximum atomic E-state index is 5.92. The van der Waals surface area contributed by atoms with Crippen molar-refractivity contribution in [2.45, 2.75) is 33.6 Å². The lowest BCUT2D eigenvalue weighted by molar-refractivity contribution is 0.770. The zero-order valence-corrected chi connectivity index (χ0v) is 12.4. The van der Waals surface area contributed by atoms with E-state index < -0.39 is 0 Å². The molecule has 2 N–H and O–H groups in total. The second kappa shape index (κ2) is 5.65. The second-order valence-electron chi connectivity index (χ2n) is 3.94. The van der Waals surface area contributed by atoms with Gasteiger partial charge in [0.2, 0.25) is 5.95 Å². The molecule has 1 aromatic rings. The van der Waals surface area contributed by atoms with Crippen molar-refractivity contribution in [3.05, 3.63) is 9.26 Å². The summed E-state index contributed by atoms with van der Waals surface area (Å²) in [5.41, 5.74) is 6.96. The third kappa shape index (κ3) is 2.75. The Labute approximate surface area is 111 Å². The van der Waals surface area contributed by atoms with Gasteiger partial charge in [-0.2, -0.15) is 4.98 Å². The van der Waals surface area contributed by atoms with Crippen LogP contribution in [0, 0.1) is 3.57 Å². The van der Waals surface area contributed by atoms with Crippen LogP contribution < -0.4 is 10.6 Å². The average Bonchev–Trinajstić information content (AvgIpc) is 2.24. The number of hydrogen-bond acceptors (Lipinski definition) is 4. The van der Waals surface area contributed by atoms with Crippen molar-refractivity contribution < 1.29 is 0 Å². The van der Waals surface area contributed by atoms with E-state index in [-0.39, 0.29) is 0 Å². The third-order valence-electron chi connectivity index (χ3n) is 2.48. The molecule has 1 heterocycles. The lowest BCUT2D eigenvalue weighted by atomic mass is 10.1. The van der Waals surface area contributed by atoms with Gasteiger partial charge in [-0.3, -0.25) is 0 Å². The summed E-state index contributed by atoms with van der Waals surface area (Å²) in [6, 6.07) is 0. The highest BCUT2D eigenvalue weighted by Gasteiger charge is 2.15. The normalized spacial score (nSPS) is 10.9. The molecule has 0 bridgehead atoms. The highest BCUT2D eigenvalue weighted by molar-refractivity contribution is 14.1. The third-order valence-corrected chi connectivity index (χ3v) is 3.59. The van der Waals surface area contributed by atoms with Crippen LogP contribution in [0.4, 0.5) is 11.8 Å². The van der Waals surface area contributed by atoms with Crippen LogP contribution in [-0.4, -0.2) is 23.1 Å². The molecule has 0 unspecified atom stereocenters. The minimum atomic E-state index is 0.367. The molecule has 0 aromatic carbocycles. The van der Waals surface area contributed by atoms with Gasteiger partial charge < -0.3 is 10.6 Å². The highest BCUT2D eigenvalue weighted by atomic mass is 127. The standard InChI is InChI=1S/C11H19IN4/c1-5-16(6-2)11-14-9(7(3)4)8(12)10(13)15-11/h7H,5-6H2,1-4H3,(H2,13,14,15). The maximum absolute atomic E-state index is 5.92. The summed E-state index contributed by atoms with van der Waals surface area (Å²) in [5.74, 6) is 1.69. The van der Waals surface area contributed by atoms with Gasteiger partial charge in [0.05, 0.1) is 9.26 Å². The molecule has 1 rings (SSSR count). The predicted octanol–water partition coefficient (Wildman–Crippen LogP) is 2.63. The van der Waals surface area contributed by atoms with E-state index in [9.17, 15) is 0 Å². The van der Waals surface area contributed by atoms with Gasteiger partial charge in [0.1, 0.15) is 5.82 Å². The summed E-state index contributed by atoms with van der Waals surface area (Å²) in [6.45, 7) is 10.2. The number of halogens is 1. The molecule has 0 atom stereocenters. The zero-order valence-electron chi connectivity index (χ0n) is 10.3. The van der Waals surface area contributed by atoms with Crippen LogP contribution in [0.3, 0.4) is 0 Å². The first kappa shape index (κ1) is 13.5. The van der Waals surface area contributed by atoms with Crippen LogP contribution in [0.25, 0.3) is 0 Å². The minimum Gasteiger partial charge on any atom is -0.383 e. The van der Waals surface area contributed by atoms with Crippen molar-refractivity contribution in [3.63, 3.8) is 0 Å². The van der Waals surface area contributed by atoms with Crippen LogP contribution in [0.15, 0.2) is 0 Å². The number of anilines is 2. The summed E-state index contributed by atoms with van der Waals surface area (Å²) >= 11 is 2.22. The van der Waals surface area contributed by atoms with E-state index in [1.807, 2.05) is 0 Å². The summed E-state index contributed by atoms with van der Waals surface area (Å²) in [7, 11) is 0. The van der Waals surface area contributed by atoms with Crippen molar-refractivity contribution in [3.8, 4) is 0 Å². The molecule has 5 heteroatoms. The van der Waals surface area contributed by atoms with Gasteiger partial charge >= 0.3 is 0 Å². The second-order valence-corrected chi connectivity index (χ2v) is 5.01. The fourth-order valence-electron chi connectivity index (χ4n) is 1.50. The highest BCUT2D eigenvalue weighted by Crippen LogP contribution is 2.25. The van der Waals surface area contributed by atoms with E-state index in [1.54, 1.807) is 0 Å². The van der Waals surface area contributed by atoms with Gasteiger partial charge in [0, 0.05) is 13.1 Å². The fraction of sp³-hybridized carbons (Fsp3) is 0.636. The summed E-state index contributed by atoms with van der Waals surface area (Å²) < 4.78 is 0.975. The smallest absolute Gasteiger partial charge is 0.227 e. The molecule has 0 amide bonds. The molecule has 90 valence electrons. The molecular formula is C11H19IN4. The molecule has 0 fully saturated rings. The summed E-state index contributed by atoms with van der Waals surface area (Å²) in [6.07, 6.45) is 0. The first-order valence-electron chi connectivity index (χ1n) is 5.59. The number of nitrogen functional groups attached to an aromatic ring is 1. The van der Waals surface area contributed by atoms with E-state index in [1.165, 1.54) is 0 Å². The minimum absolute atomic E-state index is 0.367. The maximum Gasteiger partial charge on any atom is 0.227 e. The molecular weight excluding hydrogens is 315 g/mol. The Morgan fingerprint density at radius 3 is 2.25 bits per heavy atom. The van der Waals surface area contributed by atoms with Crippen LogP contribution in [0.5, 0.6) is 0 Å². The zero-order chi connectivity index (χ0) is 12.3. The number of hydrogen-bond donors (Lipinski definition) is 1. The van der Waals surface area contributed by atoms with E-state index in [0.29, 0.717) is 11.7 Å². The lowest BCUT2D eigenvalue weighted by Crippen LogP contribution is -2.25. The van der Waals surface area contributed by atoms with Crippen molar-refractivity contribution in [1.29, 1.82) is 0 Å². The van der Waals surface area contributed by atoms with E-state index in [2.05, 4.69) is 65.2 Å². The van der Waals surface area contributed by atoms with Gasteiger partial charge in [0.15, 0.2) is 0 Å². The van der Waals surface area contributed by atoms with Gasteiger partial charge in [-0.25, -0.2) is 4.98 Å². The summed E-state index contributed by atoms with van der Waals surface area (Å²) in [4.78, 5) is 11.1. The number of rotatable bonds is 4. The molecule has 0 aliphatic carbocycles. The van der Waals surface area contributed by atoms with Gasteiger partial charge in [-0.05, 0) is 42.4 Å². The van der Waals surface area contributed by atoms with Crippen molar-refractivity contribution >= 4 is 34.4 Å². The molecule has 4 nitrogen and oxygen atoms in total. The molecule has 0 spiro atoms. The van der Waals surface area contributed by atoms with Crippen LogP contribution in [0.2, 0.25) is 0 Å². The molecule has 1 aromatic heterocycles. The lowest BCUT2D eigenvalue weighted by Gasteiger charge is -2.21. The number of nitrogens with two attached hydrogens (primary N) is 1. The summed E-state index contributed by atoms with van der Waals surface area (Å²) in [5, 5.41) is 0. The van der Waals surface area contributed by atoms with E-state index in [0.717, 1.165) is 28.3 Å². The molecule has 0 aliphatic rings. The molecule has 0 aliphatic heterocycles. The quantitative estimate of drug-likeness (QED) is 0.860. The van der Waals surface area contributed by atoms with Gasteiger partial charge in [-0.1, -0.05) is 13.8 Å². The Morgan fingerprint density at radius 2 is 1.81 bits per heavy atom. The van der Waals surface area contributed by atoms with Crippen LogP contribution in [-0.2, 0) is 0 Å². The Bertz CT molecular complexity index is 361. The van der Waals surface area contributed by atoms with Gasteiger partial charge in [0.25, 0.3) is 0 Å². The molecule has 0 saturated heterocycles. The Kier molecular flexibility index (Phi) is 4.76. The van der Waals surface area contributed by atoms with E-state index >= 15 is 0 Å². The van der Waals surface area contributed by atoms with Crippen LogP contribution >= 0.6 is 22.6 Å².